The third-order valence-electron chi connectivity index (χ3n) is 2.85. The Kier molecular flexibility index (Phi) is 3.34. The standard InChI is InChI=1S/C10H17N3O2/c1-4-6(2)7(3)13-5-8(11)9(12-13)10(14)15/h5-7H,4,11H2,1-3H3,(H,14,15). The van der Waals surface area contributed by atoms with Crippen LogP contribution in [-0.2, 0) is 0 Å². The Hall–Kier alpha value is -1.52. The molecule has 0 aliphatic rings. The van der Waals surface area contributed by atoms with Gasteiger partial charge in [-0.05, 0) is 12.8 Å². The number of hydrogen-bond donors (Lipinski definition) is 2. The first-order valence-corrected chi connectivity index (χ1v) is 5.05. The highest BCUT2D eigenvalue weighted by Gasteiger charge is 2.18. The first-order chi connectivity index (χ1) is 6.97. The van der Waals surface area contributed by atoms with E-state index in [4.69, 9.17) is 10.8 Å². The van der Waals surface area contributed by atoms with Gasteiger partial charge in [-0.2, -0.15) is 5.10 Å². The molecule has 0 bridgehead atoms. The minimum absolute atomic E-state index is 0.0647. The third kappa shape index (κ3) is 2.29. The van der Waals surface area contributed by atoms with Crippen molar-refractivity contribution in [3.8, 4) is 0 Å². The van der Waals surface area contributed by atoms with Gasteiger partial charge in [0.05, 0.1) is 11.7 Å². The van der Waals surface area contributed by atoms with Crippen molar-refractivity contribution in [1.82, 2.24) is 9.78 Å². The first kappa shape index (κ1) is 11.6. The lowest BCUT2D eigenvalue weighted by Gasteiger charge is -2.18. The number of nitrogens with two attached hydrogens (primary N) is 1. The van der Waals surface area contributed by atoms with Gasteiger partial charge in [-0.25, -0.2) is 4.79 Å². The Bertz CT molecular complexity index is 360. The summed E-state index contributed by atoms with van der Waals surface area (Å²) in [4.78, 5) is 10.7. The van der Waals surface area contributed by atoms with Crippen LogP contribution in [0.2, 0.25) is 0 Å². The minimum atomic E-state index is -1.08. The molecule has 0 aliphatic heterocycles. The summed E-state index contributed by atoms with van der Waals surface area (Å²) in [6.07, 6.45) is 2.60. The molecule has 5 heteroatoms. The Morgan fingerprint density at radius 3 is 2.67 bits per heavy atom. The van der Waals surface area contributed by atoms with Gasteiger partial charge in [0, 0.05) is 6.20 Å². The summed E-state index contributed by atoms with van der Waals surface area (Å²) in [7, 11) is 0. The van der Waals surface area contributed by atoms with Crippen LogP contribution in [0.3, 0.4) is 0 Å². The fraction of sp³-hybridized carbons (Fsp3) is 0.600. The zero-order valence-corrected chi connectivity index (χ0v) is 9.27. The van der Waals surface area contributed by atoms with Crippen LogP contribution in [-0.4, -0.2) is 20.9 Å². The minimum Gasteiger partial charge on any atom is -0.476 e. The molecule has 0 saturated heterocycles. The van der Waals surface area contributed by atoms with Crippen molar-refractivity contribution in [3.63, 3.8) is 0 Å². The lowest BCUT2D eigenvalue weighted by atomic mass is 10.0. The molecule has 1 heterocycles. The molecule has 5 nitrogen and oxygen atoms in total. The quantitative estimate of drug-likeness (QED) is 0.795. The Morgan fingerprint density at radius 2 is 2.27 bits per heavy atom. The highest BCUT2D eigenvalue weighted by Crippen LogP contribution is 2.21. The molecule has 1 aromatic rings. The molecule has 84 valence electrons. The lowest BCUT2D eigenvalue weighted by molar-refractivity contribution is 0.0690. The van der Waals surface area contributed by atoms with Gasteiger partial charge in [0.25, 0.3) is 0 Å². The highest BCUT2D eigenvalue weighted by molar-refractivity contribution is 5.91. The molecule has 0 spiro atoms. The molecule has 1 rings (SSSR count). The van der Waals surface area contributed by atoms with Crippen LogP contribution in [0.4, 0.5) is 5.69 Å². The zero-order chi connectivity index (χ0) is 11.6. The van der Waals surface area contributed by atoms with Crippen molar-refractivity contribution in [3.05, 3.63) is 11.9 Å². The molecule has 2 atom stereocenters. The van der Waals surface area contributed by atoms with Crippen molar-refractivity contribution in [2.75, 3.05) is 5.73 Å². The van der Waals surface area contributed by atoms with E-state index < -0.39 is 5.97 Å². The molecular formula is C10H17N3O2. The van der Waals surface area contributed by atoms with Crippen molar-refractivity contribution in [2.24, 2.45) is 5.92 Å². The molecule has 0 radical (unpaired) electrons. The largest absolute Gasteiger partial charge is 0.476 e. The third-order valence-corrected chi connectivity index (χ3v) is 2.85. The topological polar surface area (TPSA) is 81.1 Å². The van der Waals surface area contributed by atoms with Crippen molar-refractivity contribution >= 4 is 11.7 Å². The second-order valence-electron chi connectivity index (χ2n) is 3.84. The van der Waals surface area contributed by atoms with Gasteiger partial charge in [0.15, 0.2) is 5.69 Å². The van der Waals surface area contributed by atoms with Gasteiger partial charge in [0.1, 0.15) is 0 Å². The highest BCUT2D eigenvalue weighted by atomic mass is 16.4. The molecular weight excluding hydrogens is 194 g/mol. The van der Waals surface area contributed by atoms with Gasteiger partial charge in [-0.15, -0.1) is 0 Å². The Morgan fingerprint density at radius 1 is 1.67 bits per heavy atom. The number of carboxylic acids is 1. The average molecular weight is 211 g/mol. The zero-order valence-electron chi connectivity index (χ0n) is 9.27. The fourth-order valence-corrected chi connectivity index (χ4v) is 1.38. The van der Waals surface area contributed by atoms with Crippen LogP contribution >= 0.6 is 0 Å². The van der Waals surface area contributed by atoms with Crippen molar-refractivity contribution in [2.45, 2.75) is 33.2 Å². The molecule has 1 aromatic heterocycles. The maximum absolute atomic E-state index is 10.7. The van der Waals surface area contributed by atoms with Gasteiger partial charge in [-0.1, -0.05) is 20.3 Å². The van der Waals surface area contributed by atoms with E-state index in [9.17, 15) is 4.79 Å². The van der Waals surface area contributed by atoms with E-state index in [1.807, 2.05) is 6.92 Å². The number of anilines is 1. The normalized spacial score (nSPS) is 14.9. The van der Waals surface area contributed by atoms with E-state index in [2.05, 4.69) is 18.9 Å². The predicted molar refractivity (Wildman–Crippen MR) is 57.8 cm³/mol. The van der Waals surface area contributed by atoms with E-state index in [1.54, 1.807) is 10.9 Å². The van der Waals surface area contributed by atoms with Crippen molar-refractivity contribution in [1.29, 1.82) is 0 Å². The number of aromatic nitrogens is 2. The summed E-state index contributed by atoms with van der Waals surface area (Å²) in [5.41, 5.74) is 5.71. The van der Waals surface area contributed by atoms with Crippen LogP contribution in [0.15, 0.2) is 6.20 Å². The van der Waals surface area contributed by atoms with Gasteiger partial charge in [-0.3, -0.25) is 4.68 Å². The van der Waals surface area contributed by atoms with Crippen LogP contribution in [0.25, 0.3) is 0 Å². The fourth-order valence-electron chi connectivity index (χ4n) is 1.38. The van der Waals surface area contributed by atoms with E-state index in [1.165, 1.54) is 0 Å². The Balaban J connectivity index is 2.97. The molecule has 0 aromatic carbocycles. The van der Waals surface area contributed by atoms with Crippen LogP contribution in [0.5, 0.6) is 0 Å². The lowest BCUT2D eigenvalue weighted by Crippen LogP contribution is -2.14. The smallest absolute Gasteiger partial charge is 0.358 e. The summed E-state index contributed by atoms with van der Waals surface area (Å²) in [5, 5.41) is 12.8. The number of carbonyl (C=O) groups is 1. The number of aromatic carboxylic acids is 1. The summed E-state index contributed by atoms with van der Waals surface area (Å²) >= 11 is 0. The molecule has 0 fully saturated rings. The average Bonchev–Trinajstić information content (AvgIpc) is 2.58. The number of rotatable bonds is 4. The molecule has 15 heavy (non-hydrogen) atoms. The Labute approximate surface area is 88.9 Å². The number of carboxylic acid groups (broad SMARTS) is 1. The van der Waals surface area contributed by atoms with E-state index >= 15 is 0 Å². The predicted octanol–water partition coefficient (Wildman–Crippen LogP) is 1.77. The van der Waals surface area contributed by atoms with E-state index in [0.717, 1.165) is 6.42 Å². The van der Waals surface area contributed by atoms with Crippen LogP contribution in [0.1, 0.15) is 43.7 Å². The molecule has 0 amide bonds. The van der Waals surface area contributed by atoms with Crippen LogP contribution < -0.4 is 5.73 Å². The molecule has 2 unspecified atom stereocenters. The maximum atomic E-state index is 10.7. The monoisotopic (exact) mass is 211 g/mol. The number of nitrogen functional groups attached to an aromatic ring is 1. The summed E-state index contributed by atoms with van der Waals surface area (Å²) in [6, 6.07) is 0.158. The molecule has 3 N–H and O–H groups in total. The SMILES string of the molecule is CCC(C)C(C)n1cc(N)c(C(=O)O)n1. The second kappa shape index (κ2) is 4.33. The summed E-state index contributed by atoms with van der Waals surface area (Å²) in [5.74, 6) is -0.645. The van der Waals surface area contributed by atoms with E-state index in [-0.39, 0.29) is 17.4 Å². The maximum Gasteiger partial charge on any atom is 0.358 e. The molecule has 0 saturated carbocycles. The second-order valence-corrected chi connectivity index (χ2v) is 3.84. The van der Waals surface area contributed by atoms with Gasteiger partial charge >= 0.3 is 5.97 Å². The number of hydrogen-bond acceptors (Lipinski definition) is 3. The summed E-state index contributed by atoms with van der Waals surface area (Å²) in [6.45, 7) is 6.20. The van der Waals surface area contributed by atoms with Gasteiger partial charge in [0.2, 0.25) is 0 Å². The van der Waals surface area contributed by atoms with E-state index in [0.29, 0.717) is 5.92 Å². The first-order valence-electron chi connectivity index (χ1n) is 5.05. The van der Waals surface area contributed by atoms with Crippen LogP contribution in [0, 0.1) is 5.92 Å². The molecule has 0 aliphatic carbocycles. The number of nitrogens with zero attached hydrogens (tertiary/aromatic N) is 2. The van der Waals surface area contributed by atoms with Gasteiger partial charge < -0.3 is 10.8 Å². The van der Waals surface area contributed by atoms with Crippen molar-refractivity contribution < 1.29 is 9.90 Å². The summed E-state index contributed by atoms with van der Waals surface area (Å²) < 4.78 is 1.63.